The molecule has 7 nitrogen and oxygen atoms in total. The maximum atomic E-state index is 12.2. The number of hydrogen-bond donors (Lipinski definition) is 2. The number of rotatable bonds is 7. The normalized spacial score (nSPS) is 10.9. The molecular formula is C19H18ClN5O2S. The molecule has 0 aliphatic rings. The summed E-state index contributed by atoms with van der Waals surface area (Å²) in [4.78, 5) is 33.7. The Bertz CT molecular complexity index is 1100. The van der Waals surface area contributed by atoms with Gasteiger partial charge in [-0.25, -0.2) is 4.98 Å². The molecule has 0 unspecified atom stereocenters. The van der Waals surface area contributed by atoms with Crippen molar-refractivity contribution in [3.05, 3.63) is 56.4 Å². The predicted octanol–water partition coefficient (Wildman–Crippen LogP) is 3.36. The standard InChI is InChI=1S/C19H18ClN5O2S/c1-2-25(7-5-17(26)24-19-12(10-21)6-8-28-19)11-16-22-15-9-13(20)3-4-14(15)18(27)23-16/h3-4,6,8-9H,2,5,7,11H2,1H3,(H,24,26)(H,22,23,27). The van der Waals surface area contributed by atoms with Gasteiger partial charge in [-0.15, -0.1) is 11.3 Å². The van der Waals surface area contributed by atoms with Crippen molar-refractivity contribution in [2.45, 2.75) is 19.9 Å². The Morgan fingerprint density at radius 3 is 3.00 bits per heavy atom. The molecule has 0 radical (unpaired) electrons. The number of anilines is 1. The number of nitrogens with one attached hydrogen (secondary N) is 2. The maximum Gasteiger partial charge on any atom is 0.258 e. The zero-order chi connectivity index (χ0) is 20.1. The minimum atomic E-state index is -0.216. The highest BCUT2D eigenvalue weighted by molar-refractivity contribution is 7.14. The lowest BCUT2D eigenvalue weighted by Gasteiger charge is -2.19. The van der Waals surface area contributed by atoms with Gasteiger partial charge in [0.1, 0.15) is 16.9 Å². The smallest absolute Gasteiger partial charge is 0.258 e. The fraction of sp³-hybridized carbons (Fsp3) is 0.263. The first-order valence-electron chi connectivity index (χ1n) is 8.68. The van der Waals surface area contributed by atoms with Crippen LogP contribution in [0.4, 0.5) is 5.00 Å². The van der Waals surface area contributed by atoms with E-state index in [1.54, 1.807) is 29.6 Å². The van der Waals surface area contributed by atoms with Crippen molar-refractivity contribution in [1.29, 1.82) is 5.26 Å². The van der Waals surface area contributed by atoms with Gasteiger partial charge in [-0.1, -0.05) is 18.5 Å². The number of aromatic amines is 1. The average Bonchev–Trinajstić information content (AvgIpc) is 3.11. The fourth-order valence-corrected chi connectivity index (χ4v) is 3.66. The summed E-state index contributed by atoms with van der Waals surface area (Å²) >= 11 is 7.31. The number of halogens is 1. The third-order valence-electron chi connectivity index (χ3n) is 4.23. The minimum Gasteiger partial charge on any atom is -0.317 e. The van der Waals surface area contributed by atoms with Crippen molar-refractivity contribution >= 4 is 44.7 Å². The fourth-order valence-electron chi connectivity index (χ4n) is 2.74. The Morgan fingerprint density at radius 2 is 2.25 bits per heavy atom. The van der Waals surface area contributed by atoms with Crippen LogP contribution in [-0.2, 0) is 11.3 Å². The van der Waals surface area contributed by atoms with E-state index in [4.69, 9.17) is 16.9 Å². The van der Waals surface area contributed by atoms with Crippen LogP contribution in [0.5, 0.6) is 0 Å². The number of aromatic nitrogens is 2. The summed E-state index contributed by atoms with van der Waals surface area (Å²) in [5.74, 6) is 0.358. The van der Waals surface area contributed by atoms with Crippen molar-refractivity contribution in [2.75, 3.05) is 18.4 Å². The van der Waals surface area contributed by atoms with E-state index in [1.165, 1.54) is 11.3 Å². The highest BCUT2D eigenvalue weighted by Crippen LogP contribution is 2.22. The molecule has 0 spiro atoms. The molecule has 0 bridgehead atoms. The van der Waals surface area contributed by atoms with Gasteiger partial charge >= 0.3 is 0 Å². The number of amides is 1. The molecule has 3 rings (SSSR count). The molecule has 144 valence electrons. The second-order valence-corrected chi connectivity index (χ2v) is 7.47. The quantitative estimate of drug-likeness (QED) is 0.616. The Hall–Kier alpha value is -2.73. The van der Waals surface area contributed by atoms with Crippen LogP contribution in [0.2, 0.25) is 5.02 Å². The van der Waals surface area contributed by atoms with E-state index < -0.39 is 0 Å². The van der Waals surface area contributed by atoms with Gasteiger partial charge in [-0.2, -0.15) is 5.26 Å². The first-order valence-corrected chi connectivity index (χ1v) is 9.94. The van der Waals surface area contributed by atoms with E-state index in [0.29, 0.717) is 51.9 Å². The van der Waals surface area contributed by atoms with Crippen molar-refractivity contribution in [3.63, 3.8) is 0 Å². The second-order valence-electron chi connectivity index (χ2n) is 6.12. The molecule has 0 saturated heterocycles. The Morgan fingerprint density at radius 1 is 1.43 bits per heavy atom. The molecule has 0 atom stereocenters. The molecule has 0 aliphatic heterocycles. The highest BCUT2D eigenvalue weighted by atomic mass is 35.5. The summed E-state index contributed by atoms with van der Waals surface area (Å²) in [6, 6.07) is 8.68. The van der Waals surface area contributed by atoms with Gasteiger partial charge in [0.25, 0.3) is 5.56 Å². The van der Waals surface area contributed by atoms with Gasteiger partial charge in [0, 0.05) is 18.0 Å². The summed E-state index contributed by atoms with van der Waals surface area (Å²) < 4.78 is 0. The van der Waals surface area contributed by atoms with Crippen LogP contribution in [0, 0.1) is 11.3 Å². The molecule has 2 heterocycles. The lowest BCUT2D eigenvalue weighted by molar-refractivity contribution is -0.116. The lowest BCUT2D eigenvalue weighted by atomic mass is 10.2. The van der Waals surface area contributed by atoms with E-state index in [1.807, 2.05) is 17.9 Å². The average molecular weight is 416 g/mol. The summed E-state index contributed by atoms with van der Waals surface area (Å²) in [6.07, 6.45) is 0.264. The maximum absolute atomic E-state index is 12.2. The SMILES string of the molecule is CCN(CCC(=O)Nc1sccc1C#N)Cc1nc2cc(Cl)ccc2c(=O)[nH]1. The molecule has 0 aliphatic carbocycles. The molecule has 2 aromatic heterocycles. The van der Waals surface area contributed by atoms with Crippen LogP contribution in [0.15, 0.2) is 34.4 Å². The summed E-state index contributed by atoms with van der Waals surface area (Å²) in [5.41, 5.74) is 0.788. The Labute approximate surface area is 170 Å². The lowest BCUT2D eigenvalue weighted by Crippen LogP contribution is -2.29. The number of benzene rings is 1. The Balaban J connectivity index is 1.64. The van der Waals surface area contributed by atoms with Crippen LogP contribution in [0.25, 0.3) is 10.9 Å². The number of carbonyl (C=O) groups is 1. The van der Waals surface area contributed by atoms with Crippen molar-refractivity contribution in [2.24, 2.45) is 0 Å². The molecule has 0 saturated carbocycles. The molecule has 9 heteroatoms. The molecule has 1 aromatic carbocycles. The Kier molecular flexibility index (Phi) is 6.41. The van der Waals surface area contributed by atoms with E-state index >= 15 is 0 Å². The van der Waals surface area contributed by atoms with Crippen molar-refractivity contribution in [1.82, 2.24) is 14.9 Å². The first kappa shape index (κ1) is 20.0. The molecule has 3 aromatic rings. The van der Waals surface area contributed by atoms with Crippen LogP contribution >= 0.6 is 22.9 Å². The number of carbonyl (C=O) groups excluding carboxylic acids is 1. The van der Waals surface area contributed by atoms with E-state index in [0.717, 1.165) is 0 Å². The highest BCUT2D eigenvalue weighted by Gasteiger charge is 2.12. The van der Waals surface area contributed by atoms with Gasteiger partial charge in [-0.05, 0) is 36.2 Å². The number of nitrogens with zero attached hydrogens (tertiary/aromatic N) is 3. The number of H-pyrrole nitrogens is 1. The summed E-state index contributed by atoms with van der Waals surface area (Å²) in [7, 11) is 0. The number of thiophene rings is 1. The molecule has 0 fully saturated rings. The zero-order valence-corrected chi connectivity index (χ0v) is 16.7. The number of hydrogen-bond acceptors (Lipinski definition) is 6. The summed E-state index contributed by atoms with van der Waals surface area (Å²) in [6.45, 7) is 3.56. The van der Waals surface area contributed by atoms with Crippen LogP contribution in [-0.4, -0.2) is 33.9 Å². The molecule has 28 heavy (non-hydrogen) atoms. The van der Waals surface area contributed by atoms with E-state index in [2.05, 4.69) is 15.3 Å². The van der Waals surface area contributed by atoms with Crippen molar-refractivity contribution in [3.8, 4) is 6.07 Å². The van der Waals surface area contributed by atoms with E-state index in [9.17, 15) is 9.59 Å². The number of fused-ring (bicyclic) bond motifs is 1. The molecule has 2 N–H and O–H groups in total. The number of nitriles is 1. The zero-order valence-electron chi connectivity index (χ0n) is 15.2. The van der Waals surface area contributed by atoms with Gasteiger partial charge in [0.15, 0.2) is 0 Å². The van der Waals surface area contributed by atoms with Crippen LogP contribution in [0.3, 0.4) is 0 Å². The molecular weight excluding hydrogens is 398 g/mol. The first-order chi connectivity index (χ1) is 13.5. The van der Waals surface area contributed by atoms with Gasteiger partial charge in [-0.3, -0.25) is 14.5 Å². The largest absolute Gasteiger partial charge is 0.317 e. The summed E-state index contributed by atoms with van der Waals surface area (Å²) in [5, 5.41) is 15.1. The molecule has 1 amide bonds. The van der Waals surface area contributed by atoms with Gasteiger partial charge < -0.3 is 10.3 Å². The predicted molar refractivity (Wildman–Crippen MR) is 111 cm³/mol. The van der Waals surface area contributed by atoms with Crippen LogP contribution < -0.4 is 10.9 Å². The minimum absolute atomic E-state index is 0.163. The van der Waals surface area contributed by atoms with Gasteiger partial charge in [0.05, 0.1) is 23.0 Å². The third kappa shape index (κ3) is 4.75. The van der Waals surface area contributed by atoms with Crippen molar-refractivity contribution < 1.29 is 4.79 Å². The third-order valence-corrected chi connectivity index (χ3v) is 5.30. The van der Waals surface area contributed by atoms with Gasteiger partial charge in [0.2, 0.25) is 5.91 Å². The second kappa shape index (κ2) is 8.97. The van der Waals surface area contributed by atoms with Crippen LogP contribution in [0.1, 0.15) is 24.7 Å². The topological polar surface area (TPSA) is 102 Å². The van der Waals surface area contributed by atoms with E-state index in [-0.39, 0.29) is 17.9 Å². The monoisotopic (exact) mass is 415 g/mol.